The van der Waals surface area contributed by atoms with Crippen LogP contribution in [0.3, 0.4) is 0 Å². The van der Waals surface area contributed by atoms with E-state index in [1.807, 2.05) is 0 Å². The maximum absolute atomic E-state index is 12.8. The molecule has 3 N–H and O–H groups in total. The van der Waals surface area contributed by atoms with Gasteiger partial charge >= 0.3 is 6.18 Å². The quantitative estimate of drug-likeness (QED) is 0.842. The Balaban J connectivity index is 1.77. The Morgan fingerprint density at radius 2 is 1.81 bits per heavy atom. The highest BCUT2D eigenvalue weighted by atomic mass is 19.4. The molecule has 0 aliphatic heterocycles. The van der Waals surface area contributed by atoms with Crippen LogP contribution in [0.1, 0.15) is 51.4 Å². The molecule has 0 saturated heterocycles. The molecule has 0 bridgehead atoms. The first-order valence-corrected chi connectivity index (χ1v) is 7.96. The first kappa shape index (κ1) is 16.6. The summed E-state index contributed by atoms with van der Waals surface area (Å²) in [7, 11) is 0. The van der Waals surface area contributed by atoms with Crippen molar-refractivity contribution in [2.45, 2.75) is 63.6 Å². The molecule has 0 aromatic carbocycles. The van der Waals surface area contributed by atoms with E-state index in [1.54, 1.807) is 0 Å². The van der Waals surface area contributed by atoms with Crippen molar-refractivity contribution in [3.8, 4) is 0 Å². The van der Waals surface area contributed by atoms with Crippen molar-refractivity contribution in [2.75, 3.05) is 6.54 Å². The Hall–Kier alpha value is -0.780. The third-order valence-corrected chi connectivity index (χ3v) is 4.90. The second-order valence-corrected chi connectivity index (χ2v) is 6.64. The largest absolute Gasteiger partial charge is 0.391 e. The van der Waals surface area contributed by atoms with Gasteiger partial charge in [-0.05, 0) is 44.4 Å². The normalized spacial score (nSPS) is 34.5. The SMILES string of the molecule is NC1CCCC(CNC(=O)C2CCCC(C(F)(F)F)C2)C1. The van der Waals surface area contributed by atoms with Gasteiger partial charge in [0.05, 0.1) is 5.92 Å². The van der Waals surface area contributed by atoms with Gasteiger partial charge in [-0.1, -0.05) is 12.8 Å². The number of nitrogens with two attached hydrogens (primary N) is 1. The molecule has 0 spiro atoms. The number of hydrogen-bond acceptors (Lipinski definition) is 2. The van der Waals surface area contributed by atoms with Crippen LogP contribution < -0.4 is 11.1 Å². The van der Waals surface area contributed by atoms with Gasteiger partial charge < -0.3 is 11.1 Å². The van der Waals surface area contributed by atoms with Crippen LogP contribution in [0, 0.1) is 17.8 Å². The molecule has 2 rings (SSSR count). The number of halogens is 3. The van der Waals surface area contributed by atoms with E-state index < -0.39 is 18.0 Å². The van der Waals surface area contributed by atoms with Crippen LogP contribution >= 0.6 is 0 Å². The van der Waals surface area contributed by atoms with Gasteiger partial charge in [0, 0.05) is 18.5 Å². The predicted molar refractivity (Wildman–Crippen MR) is 74.4 cm³/mol. The zero-order valence-corrected chi connectivity index (χ0v) is 12.3. The molecule has 122 valence electrons. The fourth-order valence-electron chi connectivity index (χ4n) is 3.63. The summed E-state index contributed by atoms with van der Waals surface area (Å²) in [5, 5.41) is 2.85. The number of hydrogen-bond donors (Lipinski definition) is 2. The summed E-state index contributed by atoms with van der Waals surface area (Å²) < 4.78 is 38.3. The Morgan fingerprint density at radius 1 is 1.10 bits per heavy atom. The van der Waals surface area contributed by atoms with Crippen molar-refractivity contribution >= 4 is 5.91 Å². The Morgan fingerprint density at radius 3 is 2.48 bits per heavy atom. The number of nitrogens with one attached hydrogen (secondary N) is 1. The number of carbonyl (C=O) groups is 1. The highest BCUT2D eigenvalue weighted by Gasteiger charge is 2.43. The van der Waals surface area contributed by atoms with Crippen LogP contribution in [0.25, 0.3) is 0 Å². The second kappa shape index (κ2) is 6.99. The predicted octanol–water partition coefficient (Wildman–Crippen LogP) is 2.99. The molecule has 4 unspecified atom stereocenters. The number of alkyl halides is 3. The lowest BCUT2D eigenvalue weighted by Crippen LogP contribution is -2.40. The van der Waals surface area contributed by atoms with Gasteiger partial charge in [0.1, 0.15) is 0 Å². The van der Waals surface area contributed by atoms with Gasteiger partial charge in [-0.25, -0.2) is 0 Å². The molecule has 0 aromatic heterocycles. The fraction of sp³-hybridized carbons (Fsp3) is 0.933. The topological polar surface area (TPSA) is 55.1 Å². The molecular weight excluding hydrogens is 281 g/mol. The van der Waals surface area contributed by atoms with Crippen molar-refractivity contribution in [3.05, 3.63) is 0 Å². The lowest BCUT2D eigenvalue weighted by Gasteiger charge is -2.31. The summed E-state index contributed by atoms with van der Waals surface area (Å²) in [5.41, 5.74) is 5.90. The Kier molecular flexibility index (Phi) is 5.52. The van der Waals surface area contributed by atoms with Gasteiger partial charge in [0.25, 0.3) is 0 Å². The minimum Gasteiger partial charge on any atom is -0.356 e. The summed E-state index contributed by atoms with van der Waals surface area (Å²) >= 11 is 0. The van der Waals surface area contributed by atoms with Crippen molar-refractivity contribution in [2.24, 2.45) is 23.5 Å². The third kappa shape index (κ3) is 4.87. The van der Waals surface area contributed by atoms with Gasteiger partial charge in [0.15, 0.2) is 0 Å². The van der Waals surface area contributed by atoms with Gasteiger partial charge in [-0.2, -0.15) is 13.2 Å². The van der Waals surface area contributed by atoms with Gasteiger partial charge in [-0.15, -0.1) is 0 Å². The molecule has 2 aliphatic rings. The average molecular weight is 306 g/mol. The highest BCUT2D eigenvalue weighted by molar-refractivity contribution is 5.78. The zero-order chi connectivity index (χ0) is 15.5. The number of carbonyl (C=O) groups excluding carboxylic acids is 1. The molecule has 2 aliphatic carbocycles. The van der Waals surface area contributed by atoms with Crippen LogP contribution in [0.5, 0.6) is 0 Å². The van der Waals surface area contributed by atoms with Crippen molar-refractivity contribution in [3.63, 3.8) is 0 Å². The molecule has 3 nitrogen and oxygen atoms in total. The summed E-state index contributed by atoms with van der Waals surface area (Å²) in [6.45, 7) is 0.555. The zero-order valence-electron chi connectivity index (χ0n) is 12.3. The van der Waals surface area contributed by atoms with Crippen LogP contribution in [0.15, 0.2) is 0 Å². The average Bonchev–Trinajstić information content (AvgIpc) is 2.44. The number of rotatable bonds is 3. The van der Waals surface area contributed by atoms with Crippen LogP contribution in [-0.4, -0.2) is 24.7 Å². The first-order valence-electron chi connectivity index (χ1n) is 7.96. The maximum atomic E-state index is 12.8. The molecule has 6 heteroatoms. The second-order valence-electron chi connectivity index (χ2n) is 6.64. The number of amides is 1. The highest BCUT2D eigenvalue weighted by Crippen LogP contribution is 2.40. The van der Waals surface area contributed by atoms with E-state index in [9.17, 15) is 18.0 Å². The standard InChI is InChI=1S/C15H25F3N2O/c16-15(17,18)12-5-2-4-11(8-12)14(21)20-9-10-3-1-6-13(19)7-10/h10-13H,1-9,19H2,(H,20,21). The molecule has 21 heavy (non-hydrogen) atoms. The first-order chi connectivity index (χ1) is 9.86. The smallest absolute Gasteiger partial charge is 0.356 e. The monoisotopic (exact) mass is 306 g/mol. The van der Waals surface area contributed by atoms with Crippen LogP contribution in [-0.2, 0) is 4.79 Å². The Labute approximate surface area is 123 Å². The third-order valence-electron chi connectivity index (χ3n) is 4.90. The minimum absolute atomic E-state index is 0.0560. The van der Waals surface area contributed by atoms with E-state index in [2.05, 4.69) is 5.32 Å². The minimum atomic E-state index is -4.17. The molecule has 0 heterocycles. The molecular formula is C15H25F3N2O. The molecule has 0 radical (unpaired) electrons. The van der Waals surface area contributed by atoms with Crippen LogP contribution in [0.2, 0.25) is 0 Å². The van der Waals surface area contributed by atoms with Crippen molar-refractivity contribution in [1.82, 2.24) is 5.32 Å². The maximum Gasteiger partial charge on any atom is 0.391 e. The van der Waals surface area contributed by atoms with Crippen molar-refractivity contribution < 1.29 is 18.0 Å². The molecule has 2 fully saturated rings. The fourth-order valence-corrected chi connectivity index (χ4v) is 3.63. The van der Waals surface area contributed by atoms with E-state index in [-0.39, 0.29) is 24.8 Å². The van der Waals surface area contributed by atoms with E-state index in [4.69, 9.17) is 5.73 Å². The molecule has 0 aromatic rings. The van der Waals surface area contributed by atoms with E-state index in [0.717, 1.165) is 25.7 Å². The summed E-state index contributed by atoms with van der Waals surface area (Å²) in [4.78, 5) is 12.1. The Bertz CT molecular complexity index is 359. The molecule has 2 saturated carbocycles. The molecule has 1 amide bonds. The molecule has 4 atom stereocenters. The lowest BCUT2D eigenvalue weighted by atomic mass is 9.80. The van der Waals surface area contributed by atoms with Gasteiger partial charge in [-0.3, -0.25) is 4.79 Å². The van der Waals surface area contributed by atoms with E-state index in [1.165, 1.54) is 0 Å². The summed E-state index contributed by atoms with van der Waals surface area (Å²) in [6, 6.07) is 0.199. The van der Waals surface area contributed by atoms with E-state index in [0.29, 0.717) is 25.3 Å². The lowest BCUT2D eigenvalue weighted by molar-refractivity contribution is -0.186. The summed E-state index contributed by atoms with van der Waals surface area (Å²) in [6.07, 6.45) is 1.03. The summed E-state index contributed by atoms with van der Waals surface area (Å²) in [5.74, 6) is -1.63. The van der Waals surface area contributed by atoms with Crippen LogP contribution in [0.4, 0.5) is 13.2 Å². The van der Waals surface area contributed by atoms with Gasteiger partial charge in [0.2, 0.25) is 5.91 Å². The van der Waals surface area contributed by atoms with Crippen molar-refractivity contribution in [1.29, 1.82) is 0 Å². The van der Waals surface area contributed by atoms with E-state index >= 15 is 0 Å².